The zero-order valence-electron chi connectivity index (χ0n) is 13.6. The monoisotopic (exact) mass is 330 g/mol. The maximum absolute atomic E-state index is 12.0. The van der Waals surface area contributed by atoms with E-state index in [4.69, 9.17) is 4.74 Å². The number of hydrogen-bond acceptors (Lipinski definition) is 4. The van der Waals surface area contributed by atoms with E-state index in [2.05, 4.69) is 28.5 Å². The minimum absolute atomic E-state index is 0.138. The van der Waals surface area contributed by atoms with Gasteiger partial charge in [-0.2, -0.15) is 0 Å². The van der Waals surface area contributed by atoms with Crippen LogP contribution in [-0.2, 0) is 22.4 Å². The maximum Gasteiger partial charge on any atom is 0.255 e. The third-order valence-electron chi connectivity index (χ3n) is 4.33. The van der Waals surface area contributed by atoms with Gasteiger partial charge in [0.2, 0.25) is 0 Å². The number of carbonyl (C=O) groups excluding carboxylic acids is 1. The van der Waals surface area contributed by atoms with E-state index in [9.17, 15) is 4.79 Å². The van der Waals surface area contributed by atoms with Crippen molar-refractivity contribution in [1.82, 2.24) is 4.98 Å². The Bertz CT molecular complexity index is 692. The van der Waals surface area contributed by atoms with Gasteiger partial charge in [0.05, 0.1) is 5.69 Å². The molecule has 0 fully saturated rings. The predicted molar refractivity (Wildman–Crippen MR) is 93.9 cm³/mol. The molecule has 2 aromatic rings. The van der Waals surface area contributed by atoms with E-state index in [1.807, 2.05) is 12.3 Å². The molecule has 122 valence electrons. The second-order valence-corrected chi connectivity index (χ2v) is 6.71. The lowest BCUT2D eigenvalue weighted by molar-refractivity contribution is -0.125. The van der Waals surface area contributed by atoms with E-state index in [1.54, 1.807) is 7.11 Å². The summed E-state index contributed by atoms with van der Waals surface area (Å²) in [7, 11) is 1.55. The van der Waals surface area contributed by atoms with E-state index in [0.717, 1.165) is 17.7 Å². The summed E-state index contributed by atoms with van der Waals surface area (Å²) >= 11 is 1.45. The van der Waals surface area contributed by atoms with E-state index in [1.165, 1.54) is 41.7 Å². The molecule has 1 atom stereocenters. The summed E-state index contributed by atoms with van der Waals surface area (Å²) in [5.41, 5.74) is 4.96. The number of aromatic nitrogens is 1. The van der Waals surface area contributed by atoms with Crippen molar-refractivity contribution in [2.75, 3.05) is 12.4 Å². The number of nitrogens with one attached hydrogen (secondary N) is 1. The number of carbonyl (C=O) groups is 1. The van der Waals surface area contributed by atoms with Gasteiger partial charge in [0, 0.05) is 18.1 Å². The van der Waals surface area contributed by atoms with Crippen LogP contribution in [-0.4, -0.2) is 24.1 Å². The van der Waals surface area contributed by atoms with Crippen LogP contribution in [0.25, 0.3) is 11.3 Å². The average Bonchev–Trinajstić information content (AvgIpc) is 3.04. The first-order valence-corrected chi connectivity index (χ1v) is 9.00. The first-order chi connectivity index (χ1) is 11.2. The molecule has 0 spiro atoms. The lowest BCUT2D eigenvalue weighted by Crippen LogP contribution is -2.28. The minimum atomic E-state index is -0.425. The maximum atomic E-state index is 12.0. The van der Waals surface area contributed by atoms with Crippen LogP contribution in [0.15, 0.2) is 23.6 Å². The van der Waals surface area contributed by atoms with Gasteiger partial charge in [0.1, 0.15) is 6.10 Å². The molecule has 4 nitrogen and oxygen atoms in total. The van der Waals surface area contributed by atoms with Crippen molar-refractivity contribution in [3.63, 3.8) is 0 Å². The second-order valence-electron chi connectivity index (χ2n) is 5.85. The van der Waals surface area contributed by atoms with Crippen molar-refractivity contribution in [3.05, 3.63) is 34.7 Å². The third-order valence-corrected chi connectivity index (χ3v) is 5.08. The Morgan fingerprint density at radius 2 is 2.13 bits per heavy atom. The highest BCUT2D eigenvalue weighted by Crippen LogP contribution is 2.29. The van der Waals surface area contributed by atoms with Gasteiger partial charge in [0.25, 0.3) is 5.91 Å². The topological polar surface area (TPSA) is 51.2 Å². The van der Waals surface area contributed by atoms with Gasteiger partial charge in [0.15, 0.2) is 5.13 Å². The van der Waals surface area contributed by atoms with Gasteiger partial charge in [-0.15, -0.1) is 11.3 Å². The molecule has 5 heteroatoms. The first-order valence-electron chi connectivity index (χ1n) is 8.12. The molecule has 1 aliphatic rings. The number of ether oxygens (including phenoxy) is 1. The van der Waals surface area contributed by atoms with Gasteiger partial charge < -0.3 is 4.74 Å². The Hall–Kier alpha value is -1.72. The number of anilines is 1. The molecule has 0 saturated heterocycles. The molecule has 1 aromatic carbocycles. The van der Waals surface area contributed by atoms with Crippen molar-refractivity contribution in [3.8, 4) is 11.3 Å². The third kappa shape index (κ3) is 3.62. The summed E-state index contributed by atoms with van der Waals surface area (Å²) in [6.45, 7) is 1.92. The van der Waals surface area contributed by atoms with Crippen molar-refractivity contribution in [2.45, 2.75) is 45.1 Å². The van der Waals surface area contributed by atoms with E-state index in [-0.39, 0.29) is 5.91 Å². The molecule has 0 radical (unpaired) electrons. The fourth-order valence-electron chi connectivity index (χ4n) is 3.00. The standard InChI is InChI=1S/C18H22N2O2S/c1-3-16(22-2)17(21)20-18-19-15(11-23-18)14-9-8-12-6-4-5-7-13(12)10-14/h8-11,16H,3-7H2,1-2H3,(H,19,20,21)/t16-/m1/s1. The number of nitrogens with zero attached hydrogens (tertiary/aromatic N) is 1. The van der Waals surface area contributed by atoms with Crippen molar-refractivity contribution in [2.24, 2.45) is 0 Å². The Labute approximate surface area is 140 Å². The Morgan fingerprint density at radius 3 is 2.87 bits per heavy atom. The molecule has 1 N–H and O–H groups in total. The van der Waals surface area contributed by atoms with E-state index < -0.39 is 6.10 Å². The molecule has 0 aliphatic heterocycles. The number of fused-ring (bicyclic) bond motifs is 1. The number of hydrogen-bond donors (Lipinski definition) is 1. The molecule has 1 heterocycles. The molecule has 1 aliphatic carbocycles. The second kappa shape index (κ2) is 7.23. The summed E-state index contributed by atoms with van der Waals surface area (Å²) in [5.74, 6) is -0.138. The molecule has 0 saturated carbocycles. The number of methoxy groups -OCH3 is 1. The van der Waals surface area contributed by atoms with Crippen LogP contribution in [0.2, 0.25) is 0 Å². The molecular formula is C18H22N2O2S. The summed E-state index contributed by atoms with van der Waals surface area (Å²) in [5, 5.41) is 5.46. The summed E-state index contributed by atoms with van der Waals surface area (Å²) in [4.78, 5) is 16.6. The zero-order valence-corrected chi connectivity index (χ0v) is 14.4. The minimum Gasteiger partial charge on any atom is -0.372 e. The summed E-state index contributed by atoms with van der Waals surface area (Å²) < 4.78 is 5.15. The highest BCUT2D eigenvalue weighted by Gasteiger charge is 2.17. The largest absolute Gasteiger partial charge is 0.372 e. The number of benzene rings is 1. The molecular weight excluding hydrogens is 308 g/mol. The van der Waals surface area contributed by atoms with Crippen molar-refractivity contribution < 1.29 is 9.53 Å². The lowest BCUT2D eigenvalue weighted by Gasteiger charge is -2.16. The quantitative estimate of drug-likeness (QED) is 0.899. The Kier molecular flexibility index (Phi) is 5.08. The van der Waals surface area contributed by atoms with Crippen LogP contribution >= 0.6 is 11.3 Å². The van der Waals surface area contributed by atoms with Gasteiger partial charge in [-0.25, -0.2) is 4.98 Å². The highest BCUT2D eigenvalue weighted by atomic mass is 32.1. The van der Waals surface area contributed by atoms with E-state index in [0.29, 0.717) is 11.6 Å². The average molecular weight is 330 g/mol. The number of thiazole rings is 1. The SMILES string of the molecule is CC[C@@H](OC)C(=O)Nc1nc(-c2ccc3c(c2)CCCC3)cs1. The molecule has 0 unspecified atom stereocenters. The zero-order chi connectivity index (χ0) is 16.2. The fraction of sp³-hybridized carbons (Fsp3) is 0.444. The van der Waals surface area contributed by atoms with Gasteiger partial charge >= 0.3 is 0 Å². The van der Waals surface area contributed by atoms with Crippen LogP contribution in [0, 0.1) is 0 Å². The van der Waals surface area contributed by atoms with Gasteiger partial charge in [-0.1, -0.05) is 19.1 Å². The first kappa shape index (κ1) is 16.1. The molecule has 1 aromatic heterocycles. The Balaban J connectivity index is 1.75. The van der Waals surface area contributed by atoms with Crippen LogP contribution < -0.4 is 5.32 Å². The molecule has 0 bridgehead atoms. The lowest BCUT2D eigenvalue weighted by atomic mass is 9.90. The highest BCUT2D eigenvalue weighted by molar-refractivity contribution is 7.14. The normalized spacial score (nSPS) is 15.0. The van der Waals surface area contributed by atoms with Crippen LogP contribution in [0.3, 0.4) is 0 Å². The van der Waals surface area contributed by atoms with Gasteiger partial charge in [-0.05, 0) is 49.3 Å². The molecule has 1 amide bonds. The molecule has 3 rings (SSSR count). The van der Waals surface area contributed by atoms with Crippen LogP contribution in [0.4, 0.5) is 5.13 Å². The Morgan fingerprint density at radius 1 is 1.35 bits per heavy atom. The number of amides is 1. The number of rotatable bonds is 5. The van der Waals surface area contributed by atoms with Crippen LogP contribution in [0.5, 0.6) is 0 Å². The molecule has 23 heavy (non-hydrogen) atoms. The van der Waals surface area contributed by atoms with Gasteiger partial charge in [-0.3, -0.25) is 10.1 Å². The smallest absolute Gasteiger partial charge is 0.255 e. The summed E-state index contributed by atoms with van der Waals surface area (Å²) in [6, 6.07) is 6.60. The number of aryl methyl sites for hydroxylation is 2. The predicted octanol–water partition coefficient (Wildman–Crippen LogP) is 4.05. The van der Waals surface area contributed by atoms with E-state index >= 15 is 0 Å². The van der Waals surface area contributed by atoms with Crippen molar-refractivity contribution in [1.29, 1.82) is 0 Å². The van der Waals surface area contributed by atoms with Crippen LogP contribution in [0.1, 0.15) is 37.3 Å². The fourth-order valence-corrected chi connectivity index (χ4v) is 3.72. The summed E-state index contributed by atoms with van der Waals surface area (Å²) in [6.07, 6.45) is 5.12. The van der Waals surface area contributed by atoms with Crippen molar-refractivity contribution >= 4 is 22.4 Å².